The van der Waals surface area contributed by atoms with E-state index in [1.807, 2.05) is 0 Å². The van der Waals surface area contributed by atoms with Gasteiger partial charge in [-0.2, -0.15) is 16.1 Å². The molecule has 1 saturated heterocycles. The van der Waals surface area contributed by atoms with Crippen LogP contribution in [-0.4, -0.2) is 51.9 Å². The number of aromatic nitrogens is 1. The fourth-order valence-electron chi connectivity index (χ4n) is 2.98. The Hall–Kier alpha value is -1.33. The summed E-state index contributed by atoms with van der Waals surface area (Å²) in [6, 6.07) is 4.82. The summed E-state index contributed by atoms with van der Waals surface area (Å²) in [7, 11) is -3.95. The van der Waals surface area contributed by atoms with Crippen LogP contribution >= 0.6 is 34.7 Å². The van der Waals surface area contributed by atoms with Crippen molar-refractivity contribution >= 4 is 50.7 Å². The Kier molecular flexibility index (Phi) is 6.26. The van der Waals surface area contributed by atoms with Gasteiger partial charge in [-0.15, -0.1) is 11.3 Å². The van der Waals surface area contributed by atoms with E-state index in [1.54, 1.807) is 32.2 Å². The molecule has 0 bridgehead atoms. The van der Waals surface area contributed by atoms with Gasteiger partial charge < -0.3 is 9.84 Å². The van der Waals surface area contributed by atoms with Gasteiger partial charge in [0.05, 0.1) is 9.77 Å². The molecule has 11 heteroatoms. The van der Waals surface area contributed by atoms with Crippen LogP contribution in [0.5, 0.6) is 5.75 Å². The molecule has 0 amide bonds. The third-order valence-corrected chi connectivity index (χ3v) is 8.62. The number of thioether (sulfide) groups is 1. The van der Waals surface area contributed by atoms with Gasteiger partial charge >= 0.3 is 5.97 Å². The van der Waals surface area contributed by atoms with Gasteiger partial charge in [-0.3, -0.25) is 4.79 Å². The van der Waals surface area contributed by atoms with Gasteiger partial charge in [0.1, 0.15) is 18.4 Å². The van der Waals surface area contributed by atoms with Crippen molar-refractivity contribution in [2.45, 2.75) is 36.1 Å². The number of sulfonamides is 1. The SMILES string of the molecule is CC1(C)SCCN(S(=O)(=O)c2ccc(OCc3cnc(Cl)s3)cc2)[C@H]1C(=O)O. The fraction of sp³-hybridized carbons (Fsp3) is 0.412. The average Bonchev–Trinajstić information content (AvgIpc) is 3.04. The number of carboxylic acid groups (broad SMARTS) is 1. The third kappa shape index (κ3) is 4.46. The number of halogens is 1. The number of hydrogen-bond donors (Lipinski definition) is 1. The zero-order valence-corrected chi connectivity index (χ0v) is 18.4. The fourth-order valence-corrected chi connectivity index (χ4v) is 6.97. The number of aliphatic carboxylic acids is 1. The zero-order chi connectivity index (χ0) is 20.5. The summed E-state index contributed by atoms with van der Waals surface area (Å²) in [4.78, 5) is 16.6. The lowest BCUT2D eigenvalue weighted by atomic mass is 10.0. The highest BCUT2D eigenvalue weighted by Crippen LogP contribution is 2.38. The van der Waals surface area contributed by atoms with Crippen LogP contribution in [0, 0.1) is 0 Å². The van der Waals surface area contributed by atoms with Gasteiger partial charge in [0.25, 0.3) is 0 Å². The van der Waals surface area contributed by atoms with Crippen molar-refractivity contribution in [2.24, 2.45) is 0 Å². The van der Waals surface area contributed by atoms with E-state index in [0.29, 0.717) is 16.0 Å². The molecule has 1 aliphatic rings. The highest BCUT2D eigenvalue weighted by molar-refractivity contribution is 8.00. The van der Waals surface area contributed by atoms with Crippen molar-refractivity contribution in [2.75, 3.05) is 12.3 Å². The second-order valence-corrected chi connectivity index (χ2v) is 12.0. The average molecular weight is 463 g/mol. The van der Waals surface area contributed by atoms with Crippen molar-refractivity contribution in [3.63, 3.8) is 0 Å². The summed E-state index contributed by atoms with van der Waals surface area (Å²) in [5.74, 6) is -0.119. The zero-order valence-electron chi connectivity index (χ0n) is 15.2. The molecule has 0 spiro atoms. The predicted molar refractivity (Wildman–Crippen MR) is 110 cm³/mol. The standard InChI is InChI=1S/C17H19ClN2O5S3/c1-17(2)14(15(21)22)20(7-8-26-17)28(23,24)13-5-3-11(4-6-13)25-10-12-9-19-16(18)27-12/h3-6,9,14H,7-8,10H2,1-2H3,(H,21,22)/t14-/m0/s1. The van der Waals surface area contributed by atoms with E-state index in [9.17, 15) is 18.3 Å². The number of thiazole rings is 1. The molecular weight excluding hydrogens is 444 g/mol. The lowest BCUT2D eigenvalue weighted by molar-refractivity contribution is -0.142. The van der Waals surface area contributed by atoms with E-state index < -0.39 is 26.8 Å². The molecule has 152 valence electrons. The van der Waals surface area contributed by atoms with Crippen molar-refractivity contribution in [1.29, 1.82) is 0 Å². The Morgan fingerprint density at radius 2 is 2.07 bits per heavy atom. The molecule has 1 aromatic carbocycles. The summed E-state index contributed by atoms with van der Waals surface area (Å²) in [6.45, 7) is 3.93. The number of carboxylic acids is 1. The number of ether oxygens (including phenoxy) is 1. The van der Waals surface area contributed by atoms with Gasteiger partial charge in [0.15, 0.2) is 4.47 Å². The number of nitrogens with zero attached hydrogens (tertiary/aromatic N) is 2. The molecule has 1 N–H and O–H groups in total. The van der Waals surface area contributed by atoms with Crippen LogP contribution in [0.15, 0.2) is 35.4 Å². The molecule has 2 heterocycles. The Morgan fingerprint density at radius 3 is 2.64 bits per heavy atom. The van der Waals surface area contributed by atoms with Crippen molar-refractivity contribution in [3.8, 4) is 5.75 Å². The van der Waals surface area contributed by atoms with E-state index in [0.717, 1.165) is 9.18 Å². The first-order chi connectivity index (χ1) is 13.1. The summed E-state index contributed by atoms with van der Waals surface area (Å²) >= 11 is 8.54. The van der Waals surface area contributed by atoms with Crippen LogP contribution in [0.3, 0.4) is 0 Å². The summed E-state index contributed by atoms with van der Waals surface area (Å²) < 4.78 is 32.6. The summed E-state index contributed by atoms with van der Waals surface area (Å²) in [5.41, 5.74) is 0. The largest absolute Gasteiger partial charge is 0.488 e. The van der Waals surface area contributed by atoms with Gasteiger partial charge in [-0.05, 0) is 38.1 Å². The maximum absolute atomic E-state index is 13.1. The molecule has 28 heavy (non-hydrogen) atoms. The van der Waals surface area contributed by atoms with Crippen LogP contribution < -0.4 is 4.74 Å². The molecule has 2 aromatic rings. The quantitative estimate of drug-likeness (QED) is 0.703. The van der Waals surface area contributed by atoms with Gasteiger partial charge in [-0.25, -0.2) is 13.4 Å². The highest BCUT2D eigenvalue weighted by Gasteiger charge is 2.48. The molecule has 1 aromatic heterocycles. The normalized spacial score (nSPS) is 20.0. The van der Waals surface area contributed by atoms with E-state index in [-0.39, 0.29) is 18.0 Å². The molecule has 7 nitrogen and oxygen atoms in total. The molecule has 0 aliphatic carbocycles. The molecule has 1 atom stereocenters. The molecule has 0 radical (unpaired) electrons. The Balaban J connectivity index is 1.78. The second kappa shape index (κ2) is 8.19. The number of rotatable bonds is 6. The Labute approximate surface area is 176 Å². The van der Waals surface area contributed by atoms with Crippen molar-refractivity contribution < 1.29 is 23.1 Å². The minimum Gasteiger partial charge on any atom is -0.488 e. The third-order valence-electron chi connectivity index (χ3n) is 4.30. The molecule has 0 saturated carbocycles. The minimum absolute atomic E-state index is 0.0367. The van der Waals surface area contributed by atoms with E-state index >= 15 is 0 Å². The maximum Gasteiger partial charge on any atom is 0.323 e. The maximum atomic E-state index is 13.1. The van der Waals surface area contributed by atoms with Crippen LogP contribution in [0.1, 0.15) is 18.7 Å². The highest BCUT2D eigenvalue weighted by atomic mass is 35.5. The lowest BCUT2D eigenvalue weighted by Crippen LogP contribution is -2.58. The first kappa shape index (κ1) is 21.4. The molecule has 3 rings (SSSR count). The first-order valence-corrected chi connectivity index (χ1v) is 11.9. The first-order valence-electron chi connectivity index (χ1n) is 8.33. The smallest absolute Gasteiger partial charge is 0.323 e. The summed E-state index contributed by atoms with van der Waals surface area (Å²) in [5, 5.41) is 9.63. The van der Waals surface area contributed by atoms with Crippen LogP contribution in [0.4, 0.5) is 0 Å². The second-order valence-electron chi connectivity index (χ2n) is 6.65. The lowest BCUT2D eigenvalue weighted by Gasteiger charge is -2.42. The van der Waals surface area contributed by atoms with Crippen molar-refractivity contribution in [3.05, 3.63) is 39.8 Å². The summed E-state index contributed by atoms with van der Waals surface area (Å²) in [6.07, 6.45) is 1.62. The Bertz CT molecular complexity index is 959. The molecule has 1 fully saturated rings. The van der Waals surface area contributed by atoms with Crippen LogP contribution in [0.25, 0.3) is 0 Å². The Morgan fingerprint density at radius 1 is 1.39 bits per heavy atom. The minimum atomic E-state index is -3.95. The topological polar surface area (TPSA) is 96.8 Å². The van der Waals surface area contributed by atoms with E-state index in [4.69, 9.17) is 16.3 Å². The molecular formula is C17H19ClN2O5S3. The molecule has 0 unspecified atom stereocenters. The van der Waals surface area contributed by atoms with Gasteiger partial charge in [0, 0.05) is 23.2 Å². The number of carbonyl (C=O) groups is 1. The number of benzene rings is 1. The van der Waals surface area contributed by atoms with Crippen molar-refractivity contribution in [1.82, 2.24) is 9.29 Å². The van der Waals surface area contributed by atoms with Gasteiger partial charge in [-0.1, -0.05) is 11.6 Å². The van der Waals surface area contributed by atoms with E-state index in [1.165, 1.54) is 35.2 Å². The predicted octanol–water partition coefficient (Wildman–Crippen LogP) is 3.34. The van der Waals surface area contributed by atoms with Crippen LogP contribution in [-0.2, 0) is 21.4 Å². The monoisotopic (exact) mass is 462 g/mol. The number of hydrogen-bond acceptors (Lipinski definition) is 7. The van der Waals surface area contributed by atoms with E-state index in [2.05, 4.69) is 4.98 Å². The van der Waals surface area contributed by atoms with Gasteiger partial charge in [0.2, 0.25) is 10.0 Å². The van der Waals surface area contributed by atoms with Crippen LogP contribution in [0.2, 0.25) is 4.47 Å². The molecule has 1 aliphatic heterocycles.